The van der Waals surface area contributed by atoms with Gasteiger partial charge in [-0.05, 0) is 31.0 Å². The molecule has 1 aromatic carbocycles. The molecule has 2 atom stereocenters. The lowest BCUT2D eigenvalue weighted by molar-refractivity contribution is -0.0149. The van der Waals surface area contributed by atoms with Crippen molar-refractivity contribution in [2.24, 2.45) is 0 Å². The van der Waals surface area contributed by atoms with Crippen LogP contribution >= 0.6 is 0 Å². The van der Waals surface area contributed by atoms with Crippen molar-refractivity contribution in [3.63, 3.8) is 0 Å². The van der Waals surface area contributed by atoms with Crippen LogP contribution in [0.2, 0.25) is 0 Å². The van der Waals surface area contributed by atoms with E-state index in [0.29, 0.717) is 19.8 Å². The lowest BCUT2D eigenvalue weighted by atomic mass is 10.1. The van der Waals surface area contributed by atoms with Gasteiger partial charge in [-0.15, -0.1) is 0 Å². The average molecular weight is 324 g/mol. The predicted molar refractivity (Wildman–Crippen MR) is 87.7 cm³/mol. The highest BCUT2D eigenvalue weighted by Gasteiger charge is 2.23. The Morgan fingerprint density at radius 2 is 2.26 bits per heavy atom. The molecule has 0 spiro atoms. The van der Waals surface area contributed by atoms with Crippen LogP contribution in [-0.4, -0.2) is 63.8 Å². The summed E-state index contributed by atoms with van der Waals surface area (Å²) in [6, 6.07) is 4.79. The fourth-order valence-electron chi connectivity index (χ4n) is 3.19. The smallest absolute Gasteiger partial charge is 0.125 e. The molecule has 3 rings (SSSR count). The van der Waals surface area contributed by atoms with Crippen LogP contribution in [0.3, 0.4) is 0 Å². The Hall–Kier alpha value is -1.37. The van der Waals surface area contributed by atoms with Gasteiger partial charge >= 0.3 is 0 Å². The lowest BCUT2D eigenvalue weighted by Gasteiger charge is -2.38. The molecule has 1 fully saturated rings. The molecular formula is C17H25FN2O3. The summed E-state index contributed by atoms with van der Waals surface area (Å²) in [7, 11) is 1.96. The topological polar surface area (TPSA) is 45.2 Å². The van der Waals surface area contributed by atoms with Crippen LogP contribution in [0.25, 0.3) is 0 Å². The summed E-state index contributed by atoms with van der Waals surface area (Å²) in [6.45, 7) is 3.74. The number of benzene rings is 1. The number of anilines is 2. The van der Waals surface area contributed by atoms with E-state index in [9.17, 15) is 9.50 Å². The SMILES string of the molecule is CN1CCN(C[C@@H](O)COC[C@@H]2CCCO2)c2ccc(F)cc21. The average Bonchev–Trinajstić information content (AvgIpc) is 3.04. The summed E-state index contributed by atoms with van der Waals surface area (Å²) in [4.78, 5) is 4.13. The summed E-state index contributed by atoms with van der Waals surface area (Å²) in [5, 5.41) is 10.2. The van der Waals surface area contributed by atoms with Gasteiger partial charge < -0.3 is 24.4 Å². The maximum absolute atomic E-state index is 13.4. The highest BCUT2D eigenvalue weighted by Crippen LogP contribution is 2.32. The van der Waals surface area contributed by atoms with E-state index in [1.807, 2.05) is 11.9 Å². The number of hydrogen-bond donors (Lipinski definition) is 1. The fraction of sp³-hybridized carbons (Fsp3) is 0.647. The zero-order valence-electron chi connectivity index (χ0n) is 13.6. The fourth-order valence-corrected chi connectivity index (χ4v) is 3.19. The summed E-state index contributed by atoms with van der Waals surface area (Å²) >= 11 is 0. The van der Waals surface area contributed by atoms with Crippen molar-refractivity contribution in [2.75, 3.05) is 56.3 Å². The van der Waals surface area contributed by atoms with E-state index in [4.69, 9.17) is 9.47 Å². The van der Waals surface area contributed by atoms with Gasteiger partial charge in [0.05, 0.1) is 36.8 Å². The number of fused-ring (bicyclic) bond motifs is 1. The molecule has 1 aromatic rings. The minimum Gasteiger partial charge on any atom is -0.389 e. The third-order valence-electron chi connectivity index (χ3n) is 4.46. The molecule has 128 valence electrons. The molecule has 5 nitrogen and oxygen atoms in total. The highest BCUT2D eigenvalue weighted by atomic mass is 19.1. The standard InChI is InChI=1S/C17H25FN2O3/c1-19-6-7-20(16-5-4-13(18)9-17(16)19)10-14(21)11-22-12-15-3-2-8-23-15/h4-5,9,14-15,21H,2-3,6-8,10-12H2,1H3/t14-,15+/m1/s1. The Labute approximate surface area is 136 Å². The molecule has 2 aliphatic rings. The Kier molecular flexibility index (Phi) is 5.35. The maximum Gasteiger partial charge on any atom is 0.125 e. The van der Waals surface area contributed by atoms with Crippen molar-refractivity contribution < 1.29 is 19.0 Å². The number of aliphatic hydroxyl groups excluding tert-OH is 1. The summed E-state index contributed by atoms with van der Waals surface area (Å²) in [5.74, 6) is -0.238. The van der Waals surface area contributed by atoms with Gasteiger partial charge in [-0.2, -0.15) is 0 Å². The zero-order chi connectivity index (χ0) is 16.2. The third-order valence-corrected chi connectivity index (χ3v) is 4.46. The van der Waals surface area contributed by atoms with E-state index in [-0.39, 0.29) is 11.9 Å². The van der Waals surface area contributed by atoms with E-state index in [0.717, 1.165) is 43.9 Å². The molecule has 0 bridgehead atoms. The molecule has 2 aliphatic heterocycles. The molecule has 23 heavy (non-hydrogen) atoms. The van der Waals surface area contributed by atoms with Crippen molar-refractivity contribution in [1.29, 1.82) is 0 Å². The molecule has 2 heterocycles. The molecular weight excluding hydrogens is 299 g/mol. The van der Waals surface area contributed by atoms with Crippen LogP contribution in [0.4, 0.5) is 15.8 Å². The van der Waals surface area contributed by atoms with Gasteiger partial charge in [-0.25, -0.2) is 4.39 Å². The van der Waals surface area contributed by atoms with Gasteiger partial charge in [-0.3, -0.25) is 0 Å². The van der Waals surface area contributed by atoms with Crippen LogP contribution in [0.15, 0.2) is 18.2 Å². The number of nitrogens with zero attached hydrogens (tertiary/aromatic N) is 2. The number of β-amino-alcohol motifs (C(OH)–C–C–N with tert-alkyl or cyclic N) is 1. The monoisotopic (exact) mass is 324 g/mol. The van der Waals surface area contributed by atoms with E-state index < -0.39 is 6.10 Å². The summed E-state index contributed by atoms with van der Waals surface area (Å²) in [5.41, 5.74) is 1.82. The summed E-state index contributed by atoms with van der Waals surface area (Å²) < 4.78 is 24.5. The molecule has 0 unspecified atom stereocenters. The Bertz CT molecular complexity index is 523. The van der Waals surface area contributed by atoms with Crippen LogP contribution in [-0.2, 0) is 9.47 Å². The van der Waals surface area contributed by atoms with Crippen molar-refractivity contribution in [1.82, 2.24) is 0 Å². The van der Waals surface area contributed by atoms with Gasteiger partial charge in [0.25, 0.3) is 0 Å². The van der Waals surface area contributed by atoms with Crippen molar-refractivity contribution in [3.8, 4) is 0 Å². The van der Waals surface area contributed by atoms with Crippen molar-refractivity contribution >= 4 is 11.4 Å². The number of hydrogen-bond acceptors (Lipinski definition) is 5. The Balaban J connectivity index is 1.52. The van der Waals surface area contributed by atoms with E-state index in [1.165, 1.54) is 6.07 Å². The van der Waals surface area contributed by atoms with Crippen LogP contribution in [0.1, 0.15) is 12.8 Å². The minimum absolute atomic E-state index is 0.175. The molecule has 0 saturated carbocycles. The lowest BCUT2D eigenvalue weighted by Crippen LogP contribution is -2.43. The second-order valence-corrected chi connectivity index (χ2v) is 6.33. The normalized spacial score (nSPS) is 22.3. The van der Waals surface area contributed by atoms with E-state index >= 15 is 0 Å². The Morgan fingerprint density at radius 1 is 1.39 bits per heavy atom. The molecule has 0 aliphatic carbocycles. The minimum atomic E-state index is -0.572. The molecule has 6 heteroatoms. The molecule has 1 saturated heterocycles. The van der Waals surface area contributed by atoms with Gasteiger partial charge in [-0.1, -0.05) is 0 Å². The molecule has 0 radical (unpaired) electrons. The highest BCUT2D eigenvalue weighted by molar-refractivity contribution is 5.73. The largest absolute Gasteiger partial charge is 0.389 e. The van der Waals surface area contributed by atoms with Gasteiger partial charge in [0, 0.05) is 33.3 Å². The number of halogens is 1. The van der Waals surface area contributed by atoms with E-state index in [2.05, 4.69) is 4.90 Å². The predicted octanol–water partition coefficient (Wildman–Crippen LogP) is 1.64. The van der Waals surface area contributed by atoms with Crippen molar-refractivity contribution in [2.45, 2.75) is 25.0 Å². The third kappa shape index (κ3) is 4.13. The zero-order valence-corrected chi connectivity index (χ0v) is 13.6. The number of aliphatic hydroxyl groups is 1. The molecule has 0 aromatic heterocycles. The second kappa shape index (κ2) is 7.47. The number of rotatable bonds is 6. The first-order valence-corrected chi connectivity index (χ1v) is 8.26. The van der Waals surface area contributed by atoms with Gasteiger partial charge in [0.1, 0.15) is 5.82 Å². The van der Waals surface area contributed by atoms with Gasteiger partial charge in [0.2, 0.25) is 0 Å². The van der Waals surface area contributed by atoms with Crippen LogP contribution in [0, 0.1) is 5.82 Å². The van der Waals surface area contributed by atoms with Gasteiger partial charge in [0.15, 0.2) is 0 Å². The van der Waals surface area contributed by atoms with Crippen LogP contribution in [0.5, 0.6) is 0 Å². The first kappa shape index (κ1) is 16.5. The second-order valence-electron chi connectivity index (χ2n) is 6.33. The molecule has 0 amide bonds. The number of ether oxygens (including phenoxy) is 2. The van der Waals surface area contributed by atoms with E-state index in [1.54, 1.807) is 12.1 Å². The first-order valence-electron chi connectivity index (χ1n) is 8.26. The quantitative estimate of drug-likeness (QED) is 0.862. The first-order chi connectivity index (χ1) is 11.1. The Morgan fingerprint density at radius 3 is 3.04 bits per heavy atom. The summed E-state index contributed by atoms with van der Waals surface area (Å²) in [6.07, 6.45) is 1.73. The maximum atomic E-state index is 13.4. The van der Waals surface area contributed by atoms with Crippen LogP contribution < -0.4 is 9.80 Å². The van der Waals surface area contributed by atoms with Crippen molar-refractivity contribution in [3.05, 3.63) is 24.0 Å². The molecule has 1 N–H and O–H groups in total. The number of likely N-dealkylation sites (N-methyl/N-ethyl adjacent to an activating group) is 1.